The number of phenolic OH excluding ortho intramolecular Hbond substituents is 1. The lowest BCUT2D eigenvalue weighted by Crippen LogP contribution is -2.41. The number of phenols is 1. The van der Waals surface area contributed by atoms with Crippen LogP contribution in [0.2, 0.25) is 5.02 Å². The lowest BCUT2D eigenvalue weighted by atomic mass is 10.1. The summed E-state index contributed by atoms with van der Waals surface area (Å²) in [7, 11) is 0. The van der Waals surface area contributed by atoms with Crippen LogP contribution in [0.1, 0.15) is 26.4 Å². The number of amides is 2. The van der Waals surface area contributed by atoms with Gasteiger partial charge in [-0.2, -0.15) is 5.10 Å². The minimum absolute atomic E-state index is 0.0504. The average molecular weight is 345 g/mol. The number of nitrogens with one attached hydrogen (secondary N) is 3. The molecular formula is C16H13ClN4O3. The fraction of sp³-hybridized carbons (Fsp3) is 0.0625. The van der Waals surface area contributed by atoms with Crippen molar-refractivity contribution in [1.82, 2.24) is 21.0 Å². The molecule has 0 aliphatic rings. The van der Waals surface area contributed by atoms with Crippen molar-refractivity contribution in [3.8, 4) is 5.75 Å². The van der Waals surface area contributed by atoms with Gasteiger partial charge in [0.2, 0.25) is 0 Å². The molecule has 0 aliphatic carbocycles. The Balaban J connectivity index is 1.76. The Morgan fingerprint density at radius 2 is 1.88 bits per heavy atom. The predicted octanol–water partition coefficient (Wildman–Crippen LogP) is 2.31. The van der Waals surface area contributed by atoms with Crippen LogP contribution < -0.4 is 10.9 Å². The van der Waals surface area contributed by atoms with Crippen molar-refractivity contribution in [3.63, 3.8) is 0 Å². The number of fused-ring (bicyclic) bond motifs is 1. The highest BCUT2D eigenvalue weighted by molar-refractivity contribution is 6.31. The lowest BCUT2D eigenvalue weighted by molar-refractivity contribution is 0.0843. The Morgan fingerprint density at radius 3 is 2.67 bits per heavy atom. The van der Waals surface area contributed by atoms with Gasteiger partial charge in [-0.15, -0.1) is 0 Å². The Bertz CT molecular complexity index is 952. The first-order valence-corrected chi connectivity index (χ1v) is 7.37. The smallest absolute Gasteiger partial charge is 0.290 e. The summed E-state index contributed by atoms with van der Waals surface area (Å²) in [5, 5.41) is 17.3. The summed E-state index contributed by atoms with van der Waals surface area (Å²) in [6, 6.07) is 9.57. The topological polar surface area (TPSA) is 107 Å². The van der Waals surface area contributed by atoms with Crippen molar-refractivity contribution in [2.24, 2.45) is 0 Å². The Hall–Kier alpha value is -3.06. The normalized spacial score (nSPS) is 10.6. The van der Waals surface area contributed by atoms with E-state index in [2.05, 4.69) is 21.0 Å². The highest BCUT2D eigenvalue weighted by Crippen LogP contribution is 2.21. The molecule has 7 nitrogen and oxygen atoms in total. The highest BCUT2D eigenvalue weighted by Gasteiger charge is 2.17. The molecule has 0 radical (unpaired) electrons. The van der Waals surface area contributed by atoms with E-state index in [-0.39, 0.29) is 22.0 Å². The zero-order chi connectivity index (χ0) is 17.3. The third-order valence-corrected chi connectivity index (χ3v) is 3.66. The van der Waals surface area contributed by atoms with Crippen molar-refractivity contribution >= 4 is 34.3 Å². The third kappa shape index (κ3) is 3.02. The van der Waals surface area contributed by atoms with E-state index < -0.39 is 11.8 Å². The molecule has 3 rings (SSSR count). The second kappa shape index (κ2) is 6.21. The van der Waals surface area contributed by atoms with Crippen LogP contribution in [0.5, 0.6) is 5.75 Å². The number of benzene rings is 2. The number of aromatic amines is 1. The molecule has 1 aromatic heterocycles. The SMILES string of the molecule is Cc1ccc2[nH]nc(C(=O)NNC(=O)c3cc(Cl)ccc3O)c2c1. The molecule has 2 aromatic carbocycles. The van der Waals surface area contributed by atoms with Gasteiger partial charge in [0, 0.05) is 10.4 Å². The first-order chi connectivity index (χ1) is 11.5. The number of halogens is 1. The molecule has 4 N–H and O–H groups in total. The van der Waals surface area contributed by atoms with E-state index in [4.69, 9.17) is 11.6 Å². The van der Waals surface area contributed by atoms with Gasteiger partial charge in [-0.05, 0) is 37.3 Å². The fourth-order valence-corrected chi connectivity index (χ4v) is 2.40. The van der Waals surface area contributed by atoms with Crippen LogP contribution in [0.4, 0.5) is 0 Å². The summed E-state index contributed by atoms with van der Waals surface area (Å²) >= 11 is 5.79. The standard InChI is InChI=1S/C16H13ClN4O3/c1-8-2-4-12-10(6-8)14(19-18-12)16(24)21-20-15(23)11-7-9(17)3-5-13(11)22/h2-7,22H,1H3,(H,18,19)(H,20,23)(H,21,24). The molecular weight excluding hydrogens is 332 g/mol. The van der Waals surface area contributed by atoms with Crippen molar-refractivity contribution in [2.75, 3.05) is 0 Å². The summed E-state index contributed by atoms with van der Waals surface area (Å²) in [6.45, 7) is 1.90. The number of H-pyrrole nitrogens is 1. The first kappa shape index (κ1) is 15.8. The van der Waals surface area contributed by atoms with Crippen LogP contribution in [0.25, 0.3) is 10.9 Å². The number of hydrogen-bond acceptors (Lipinski definition) is 4. The zero-order valence-electron chi connectivity index (χ0n) is 12.6. The molecule has 1 heterocycles. The molecule has 0 aliphatic heterocycles. The number of nitrogens with zero attached hydrogens (tertiary/aromatic N) is 1. The number of aromatic hydroxyl groups is 1. The fourth-order valence-electron chi connectivity index (χ4n) is 2.23. The van der Waals surface area contributed by atoms with E-state index in [1.54, 1.807) is 0 Å². The van der Waals surface area contributed by atoms with E-state index >= 15 is 0 Å². The molecule has 122 valence electrons. The van der Waals surface area contributed by atoms with E-state index in [1.807, 2.05) is 25.1 Å². The van der Waals surface area contributed by atoms with Gasteiger partial charge >= 0.3 is 0 Å². The number of rotatable bonds is 2. The molecule has 0 saturated heterocycles. The van der Waals surface area contributed by atoms with Crippen LogP contribution in [0.3, 0.4) is 0 Å². The Kier molecular flexibility index (Phi) is 4.09. The molecule has 2 amide bonds. The molecule has 0 spiro atoms. The number of hydrazine groups is 1. The maximum atomic E-state index is 12.2. The van der Waals surface area contributed by atoms with E-state index in [0.29, 0.717) is 10.9 Å². The maximum Gasteiger partial charge on any atom is 0.290 e. The molecule has 8 heteroatoms. The van der Waals surface area contributed by atoms with Gasteiger partial charge < -0.3 is 5.11 Å². The monoisotopic (exact) mass is 344 g/mol. The van der Waals surface area contributed by atoms with Gasteiger partial charge in [0.05, 0.1) is 11.1 Å². The maximum absolute atomic E-state index is 12.2. The molecule has 0 unspecified atom stereocenters. The van der Waals surface area contributed by atoms with Crippen molar-refractivity contribution in [1.29, 1.82) is 0 Å². The third-order valence-electron chi connectivity index (χ3n) is 3.43. The van der Waals surface area contributed by atoms with Crippen LogP contribution in [0.15, 0.2) is 36.4 Å². The highest BCUT2D eigenvalue weighted by atomic mass is 35.5. The summed E-state index contributed by atoms with van der Waals surface area (Å²) in [6.07, 6.45) is 0. The van der Waals surface area contributed by atoms with Crippen LogP contribution in [0, 0.1) is 6.92 Å². The summed E-state index contributed by atoms with van der Waals surface area (Å²) in [5.41, 5.74) is 6.29. The molecule has 3 aromatic rings. The van der Waals surface area contributed by atoms with Crippen LogP contribution in [-0.4, -0.2) is 27.1 Å². The molecule has 0 bridgehead atoms. The quantitative estimate of drug-likeness (QED) is 0.535. The van der Waals surface area contributed by atoms with Gasteiger partial charge in [-0.3, -0.25) is 25.5 Å². The van der Waals surface area contributed by atoms with Gasteiger partial charge in [-0.1, -0.05) is 23.2 Å². The number of aryl methyl sites for hydroxylation is 1. The van der Waals surface area contributed by atoms with Gasteiger partial charge in [0.15, 0.2) is 5.69 Å². The number of carbonyl (C=O) groups excluding carboxylic acids is 2. The molecule has 0 fully saturated rings. The van der Waals surface area contributed by atoms with Gasteiger partial charge in [0.1, 0.15) is 5.75 Å². The van der Waals surface area contributed by atoms with E-state index in [9.17, 15) is 14.7 Å². The minimum Gasteiger partial charge on any atom is -0.507 e. The predicted molar refractivity (Wildman–Crippen MR) is 88.9 cm³/mol. The van der Waals surface area contributed by atoms with Crippen molar-refractivity contribution < 1.29 is 14.7 Å². The largest absolute Gasteiger partial charge is 0.507 e. The average Bonchev–Trinajstić information content (AvgIpc) is 2.97. The molecule has 0 atom stereocenters. The lowest BCUT2D eigenvalue weighted by Gasteiger charge is -2.08. The first-order valence-electron chi connectivity index (χ1n) is 6.99. The Labute approximate surface area is 141 Å². The van der Waals surface area contributed by atoms with Crippen LogP contribution in [-0.2, 0) is 0 Å². The minimum atomic E-state index is -0.695. The zero-order valence-corrected chi connectivity index (χ0v) is 13.3. The number of carbonyl (C=O) groups is 2. The van der Waals surface area contributed by atoms with Crippen molar-refractivity contribution in [3.05, 3.63) is 58.2 Å². The van der Waals surface area contributed by atoms with E-state index in [1.165, 1.54) is 18.2 Å². The molecule has 0 saturated carbocycles. The summed E-state index contributed by atoms with van der Waals surface area (Å²) in [4.78, 5) is 24.3. The van der Waals surface area contributed by atoms with E-state index in [0.717, 1.165) is 5.56 Å². The second-order valence-corrected chi connectivity index (χ2v) is 5.63. The number of aromatic nitrogens is 2. The van der Waals surface area contributed by atoms with Gasteiger partial charge in [-0.25, -0.2) is 0 Å². The Morgan fingerprint density at radius 1 is 1.12 bits per heavy atom. The van der Waals surface area contributed by atoms with Gasteiger partial charge in [0.25, 0.3) is 11.8 Å². The summed E-state index contributed by atoms with van der Waals surface area (Å²) < 4.78 is 0. The van der Waals surface area contributed by atoms with Crippen LogP contribution >= 0.6 is 11.6 Å². The summed E-state index contributed by atoms with van der Waals surface area (Å²) in [5.74, 6) is -1.52. The molecule has 24 heavy (non-hydrogen) atoms. The number of hydrogen-bond donors (Lipinski definition) is 4. The van der Waals surface area contributed by atoms with Crippen molar-refractivity contribution in [2.45, 2.75) is 6.92 Å². The second-order valence-electron chi connectivity index (χ2n) is 5.19.